The molecule has 100 valence electrons. The topological polar surface area (TPSA) is 32.7 Å². The van der Waals surface area contributed by atoms with Gasteiger partial charge in [0.25, 0.3) is 0 Å². The Morgan fingerprint density at radius 1 is 1.33 bits per heavy atom. The summed E-state index contributed by atoms with van der Waals surface area (Å²) >= 11 is 0. The Bertz CT molecular complexity index is 384. The van der Waals surface area contributed by atoms with Crippen LogP contribution in [0.25, 0.3) is 0 Å². The molecule has 18 heavy (non-hydrogen) atoms. The highest BCUT2D eigenvalue weighted by Gasteiger charge is 2.16. The van der Waals surface area contributed by atoms with Crippen molar-refractivity contribution in [1.82, 2.24) is 4.90 Å². The first-order chi connectivity index (χ1) is 8.69. The van der Waals surface area contributed by atoms with E-state index in [-0.39, 0.29) is 5.75 Å². The fraction of sp³-hybridized carbons (Fsp3) is 0.600. The number of rotatable bonds is 4. The van der Waals surface area contributed by atoms with Crippen LogP contribution >= 0.6 is 0 Å². The third-order valence-corrected chi connectivity index (χ3v) is 3.61. The zero-order chi connectivity index (χ0) is 13.0. The Balaban J connectivity index is 1.98. The highest BCUT2D eigenvalue weighted by atomic mass is 16.5. The lowest BCUT2D eigenvalue weighted by molar-refractivity contribution is 0.185. The second kappa shape index (κ2) is 6.10. The lowest BCUT2D eigenvalue weighted by atomic mass is 9.99. The van der Waals surface area contributed by atoms with E-state index in [0.29, 0.717) is 12.4 Å². The van der Waals surface area contributed by atoms with Crippen molar-refractivity contribution in [2.45, 2.75) is 33.2 Å². The molecule has 0 aromatic heterocycles. The number of hydrogen-bond acceptors (Lipinski definition) is 3. The first-order valence-electron chi connectivity index (χ1n) is 6.86. The summed E-state index contributed by atoms with van der Waals surface area (Å²) in [5.41, 5.74) is 1.21. The predicted molar refractivity (Wildman–Crippen MR) is 73.0 cm³/mol. The number of benzene rings is 1. The minimum atomic E-state index is 0.230. The van der Waals surface area contributed by atoms with E-state index in [0.717, 1.165) is 12.5 Å². The van der Waals surface area contributed by atoms with Crippen LogP contribution < -0.4 is 4.74 Å². The summed E-state index contributed by atoms with van der Waals surface area (Å²) in [6.45, 7) is 8.13. The molecular weight excluding hydrogens is 226 g/mol. The van der Waals surface area contributed by atoms with E-state index in [1.165, 1.54) is 31.5 Å². The van der Waals surface area contributed by atoms with E-state index >= 15 is 0 Å². The van der Waals surface area contributed by atoms with E-state index in [1.54, 1.807) is 6.07 Å². The van der Waals surface area contributed by atoms with Crippen LogP contribution in [-0.4, -0.2) is 29.7 Å². The fourth-order valence-electron chi connectivity index (χ4n) is 2.41. The van der Waals surface area contributed by atoms with Crippen LogP contribution in [0.2, 0.25) is 0 Å². The molecule has 0 saturated carbocycles. The maximum absolute atomic E-state index is 9.67. The summed E-state index contributed by atoms with van der Waals surface area (Å²) in [4.78, 5) is 2.47. The zero-order valence-electron chi connectivity index (χ0n) is 11.4. The Hall–Kier alpha value is -1.22. The van der Waals surface area contributed by atoms with E-state index in [9.17, 15) is 5.11 Å². The predicted octanol–water partition coefficient (Wildman–Crippen LogP) is 3.02. The summed E-state index contributed by atoms with van der Waals surface area (Å²) in [6.07, 6.45) is 2.58. The third-order valence-electron chi connectivity index (χ3n) is 3.61. The number of phenolic OH excluding ortho intramolecular Hbond substituents is 1. The van der Waals surface area contributed by atoms with Gasteiger partial charge in [0, 0.05) is 6.54 Å². The van der Waals surface area contributed by atoms with Crippen LogP contribution in [0.5, 0.6) is 11.5 Å². The average molecular weight is 249 g/mol. The second-order valence-corrected chi connectivity index (χ2v) is 5.19. The minimum absolute atomic E-state index is 0.230. The Morgan fingerprint density at radius 3 is 2.72 bits per heavy atom. The molecule has 0 atom stereocenters. The lowest BCUT2D eigenvalue weighted by Gasteiger charge is -2.30. The first-order valence-corrected chi connectivity index (χ1v) is 6.86. The quantitative estimate of drug-likeness (QED) is 0.890. The average Bonchev–Trinajstić information content (AvgIpc) is 2.37. The molecule has 1 aliphatic heterocycles. The van der Waals surface area contributed by atoms with Gasteiger partial charge in [-0.1, -0.05) is 13.0 Å². The standard InChI is InChI=1S/C15H23NO2/c1-3-18-15-10-13(4-5-14(15)17)11-16-8-6-12(2)7-9-16/h4-5,10,12,17H,3,6-9,11H2,1-2H3. The number of hydrogen-bond donors (Lipinski definition) is 1. The number of phenols is 1. The molecule has 0 amide bonds. The molecule has 3 nitrogen and oxygen atoms in total. The van der Waals surface area contributed by atoms with Crippen molar-refractivity contribution < 1.29 is 9.84 Å². The van der Waals surface area contributed by atoms with Crippen molar-refractivity contribution in [3.8, 4) is 11.5 Å². The van der Waals surface area contributed by atoms with Gasteiger partial charge in [-0.25, -0.2) is 0 Å². The van der Waals surface area contributed by atoms with Crippen LogP contribution in [0.3, 0.4) is 0 Å². The van der Waals surface area contributed by atoms with Crippen LogP contribution in [0.1, 0.15) is 32.3 Å². The number of likely N-dealkylation sites (tertiary alicyclic amines) is 1. The Morgan fingerprint density at radius 2 is 2.06 bits per heavy atom. The van der Waals surface area contributed by atoms with E-state index < -0.39 is 0 Å². The molecule has 0 unspecified atom stereocenters. The lowest BCUT2D eigenvalue weighted by Crippen LogP contribution is -2.32. The Labute approximate surface area is 109 Å². The fourth-order valence-corrected chi connectivity index (χ4v) is 2.41. The highest BCUT2D eigenvalue weighted by molar-refractivity contribution is 5.41. The molecule has 1 N–H and O–H groups in total. The smallest absolute Gasteiger partial charge is 0.161 e. The zero-order valence-corrected chi connectivity index (χ0v) is 11.4. The molecule has 0 bridgehead atoms. The van der Waals surface area contributed by atoms with Crippen LogP contribution in [0.15, 0.2) is 18.2 Å². The van der Waals surface area contributed by atoms with Gasteiger partial charge in [-0.15, -0.1) is 0 Å². The largest absolute Gasteiger partial charge is 0.504 e. The Kier molecular flexibility index (Phi) is 4.48. The van der Waals surface area contributed by atoms with Crippen molar-refractivity contribution in [3.05, 3.63) is 23.8 Å². The van der Waals surface area contributed by atoms with Crippen molar-refractivity contribution in [1.29, 1.82) is 0 Å². The van der Waals surface area contributed by atoms with Gasteiger partial charge >= 0.3 is 0 Å². The van der Waals surface area contributed by atoms with Crippen LogP contribution in [0, 0.1) is 5.92 Å². The SMILES string of the molecule is CCOc1cc(CN2CCC(C)CC2)ccc1O. The molecule has 2 rings (SSSR count). The van der Waals surface area contributed by atoms with Gasteiger partial charge in [-0.05, 0) is 56.5 Å². The molecule has 1 saturated heterocycles. The first kappa shape index (κ1) is 13.2. The summed E-state index contributed by atoms with van der Waals surface area (Å²) in [7, 11) is 0. The maximum Gasteiger partial charge on any atom is 0.161 e. The van der Waals surface area contributed by atoms with Gasteiger partial charge in [-0.2, -0.15) is 0 Å². The van der Waals surface area contributed by atoms with Crippen LogP contribution in [0.4, 0.5) is 0 Å². The van der Waals surface area contributed by atoms with Gasteiger partial charge < -0.3 is 9.84 Å². The van der Waals surface area contributed by atoms with Crippen molar-refractivity contribution in [3.63, 3.8) is 0 Å². The third kappa shape index (κ3) is 3.39. The van der Waals surface area contributed by atoms with E-state index in [1.807, 2.05) is 19.1 Å². The summed E-state index contributed by atoms with van der Waals surface area (Å²) < 4.78 is 5.42. The molecule has 0 spiro atoms. The van der Waals surface area contributed by atoms with Crippen molar-refractivity contribution in [2.24, 2.45) is 5.92 Å². The summed E-state index contributed by atoms with van der Waals surface area (Å²) in [6, 6.07) is 5.67. The van der Waals surface area contributed by atoms with Crippen LogP contribution in [-0.2, 0) is 6.54 Å². The molecule has 1 aromatic rings. The summed E-state index contributed by atoms with van der Waals surface area (Å²) in [5, 5.41) is 9.67. The molecule has 3 heteroatoms. The summed E-state index contributed by atoms with van der Waals surface area (Å²) in [5.74, 6) is 1.69. The van der Waals surface area contributed by atoms with Crippen molar-refractivity contribution in [2.75, 3.05) is 19.7 Å². The number of ether oxygens (including phenoxy) is 1. The van der Waals surface area contributed by atoms with Crippen molar-refractivity contribution >= 4 is 0 Å². The van der Waals surface area contributed by atoms with Gasteiger partial charge in [0.05, 0.1) is 6.61 Å². The number of aromatic hydroxyl groups is 1. The molecule has 1 heterocycles. The van der Waals surface area contributed by atoms with Gasteiger partial charge in [0.2, 0.25) is 0 Å². The molecule has 0 radical (unpaired) electrons. The molecule has 1 aromatic carbocycles. The van der Waals surface area contributed by atoms with E-state index in [2.05, 4.69) is 11.8 Å². The van der Waals surface area contributed by atoms with E-state index in [4.69, 9.17) is 4.74 Å². The minimum Gasteiger partial charge on any atom is -0.504 e. The monoisotopic (exact) mass is 249 g/mol. The van der Waals surface area contributed by atoms with Gasteiger partial charge in [0.15, 0.2) is 11.5 Å². The normalized spacial score (nSPS) is 17.9. The second-order valence-electron chi connectivity index (χ2n) is 5.19. The molecule has 0 aliphatic carbocycles. The molecular formula is C15H23NO2. The number of nitrogens with zero attached hydrogens (tertiary/aromatic N) is 1. The maximum atomic E-state index is 9.67. The number of piperidine rings is 1. The molecule has 1 fully saturated rings. The van der Waals surface area contributed by atoms with Gasteiger partial charge in [-0.3, -0.25) is 4.90 Å². The van der Waals surface area contributed by atoms with Gasteiger partial charge in [0.1, 0.15) is 0 Å². The molecule has 1 aliphatic rings. The highest BCUT2D eigenvalue weighted by Crippen LogP contribution is 2.28.